The second-order valence-corrected chi connectivity index (χ2v) is 12.9. The Bertz CT molecular complexity index is 2070. The number of rotatable bonds is 3. The van der Waals surface area contributed by atoms with Gasteiger partial charge in [0, 0.05) is 16.8 Å². The number of hydrogen-bond acceptors (Lipinski definition) is 2. The average Bonchev–Trinajstić information content (AvgIpc) is 3.40. The quantitative estimate of drug-likeness (QED) is 0.260. The third-order valence-electron chi connectivity index (χ3n) is 10.3. The minimum absolute atomic E-state index is 0.437. The summed E-state index contributed by atoms with van der Waals surface area (Å²) in [4.78, 5) is 0. The first-order valence-corrected chi connectivity index (χ1v) is 16.2. The van der Waals surface area contributed by atoms with Crippen LogP contribution in [0.3, 0.4) is 0 Å². The molecule has 0 fully saturated rings. The maximum Gasteiger partial charge on any atom is 0.132 e. The summed E-state index contributed by atoms with van der Waals surface area (Å²) < 4.78 is 6.73. The van der Waals surface area contributed by atoms with Gasteiger partial charge in [-0.15, -0.1) is 0 Å². The first kappa shape index (κ1) is 26.3. The smallest absolute Gasteiger partial charge is 0.132 e. The summed E-state index contributed by atoms with van der Waals surface area (Å²) in [7, 11) is 0. The van der Waals surface area contributed by atoms with Crippen molar-refractivity contribution in [3.05, 3.63) is 190 Å². The molecule has 4 aromatic carbocycles. The summed E-state index contributed by atoms with van der Waals surface area (Å²) in [5.41, 5.74) is 13.2. The lowest BCUT2D eigenvalue weighted by Crippen LogP contribution is -2.40. The summed E-state index contributed by atoms with van der Waals surface area (Å²) >= 11 is 0. The molecule has 5 aliphatic rings. The highest BCUT2D eigenvalue weighted by molar-refractivity contribution is 5.90. The van der Waals surface area contributed by atoms with Crippen LogP contribution in [0.5, 0.6) is 11.5 Å². The van der Waals surface area contributed by atoms with E-state index in [0.717, 1.165) is 42.9 Å². The van der Waals surface area contributed by atoms with Crippen molar-refractivity contribution in [2.45, 2.75) is 43.6 Å². The summed E-state index contributed by atoms with van der Waals surface area (Å²) in [6.45, 7) is 2.32. The van der Waals surface area contributed by atoms with E-state index in [1.165, 1.54) is 55.7 Å². The van der Waals surface area contributed by atoms with Crippen LogP contribution < -0.4 is 10.1 Å². The topological polar surface area (TPSA) is 21.3 Å². The maximum atomic E-state index is 6.73. The monoisotopic (exact) mass is 581 g/mol. The highest BCUT2D eigenvalue weighted by atomic mass is 16.5. The molecular formula is C43H35NO. The van der Waals surface area contributed by atoms with Crippen LogP contribution in [0.15, 0.2) is 156 Å². The molecular weight excluding hydrogens is 546 g/mol. The molecule has 0 saturated carbocycles. The zero-order valence-electron chi connectivity index (χ0n) is 25.5. The van der Waals surface area contributed by atoms with Crippen LogP contribution in [-0.2, 0) is 11.0 Å². The molecule has 2 aliphatic heterocycles. The van der Waals surface area contributed by atoms with Crippen molar-refractivity contribution in [3.63, 3.8) is 0 Å². The van der Waals surface area contributed by atoms with Crippen molar-refractivity contribution in [3.8, 4) is 11.5 Å². The Morgan fingerprint density at radius 1 is 0.689 bits per heavy atom. The lowest BCUT2D eigenvalue weighted by Gasteiger charge is -2.42. The fourth-order valence-electron chi connectivity index (χ4n) is 8.24. The van der Waals surface area contributed by atoms with Gasteiger partial charge in [0.1, 0.15) is 11.5 Å². The third-order valence-corrected chi connectivity index (χ3v) is 10.3. The van der Waals surface area contributed by atoms with E-state index in [0.29, 0.717) is 0 Å². The lowest BCUT2D eigenvalue weighted by molar-refractivity contribution is 0.433. The number of benzene rings is 4. The molecule has 1 spiro atoms. The van der Waals surface area contributed by atoms with Gasteiger partial charge in [-0.2, -0.15) is 0 Å². The number of ether oxygens (including phenoxy) is 1. The minimum atomic E-state index is -0.452. The Hall–Kier alpha value is -5.08. The largest absolute Gasteiger partial charge is 0.457 e. The number of para-hydroxylation sites is 1. The van der Waals surface area contributed by atoms with Gasteiger partial charge in [-0.1, -0.05) is 109 Å². The Kier molecular flexibility index (Phi) is 5.83. The fourth-order valence-corrected chi connectivity index (χ4v) is 8.24. The number of fused-ring (bicyclic) bond motifs is 8. The van der Waals surface area contributed by atoms with Gasteiger partial charge >= 0.3 is 0 Å². The van der Waals surface area contributed by atoms with E-state index in [9.17, 15) is 0 Å². The summed E-state index contributed by atoms with van der Waals surface area (Å²) in [6, 6.07) is 35.3. The van der Waals surface area contributed by atoms with Gasteiger partial charge in [0.15, 0.2) is 0 Å². The minimum Gasteiger partial charge on any atom is -0.457 e. The first-order valence-electron chi connectivity index (χ1n) is 16.2. The molecule has 9 rings (SSSR count). The van der Waals surface area contributed by atoms with Crippen LogP contribution in [0.2, 0.25) is 0 Å². The Labute approximate surface area is 265 Å². The first-order chi connectivity index (χ1) is 22.1. The van der Waals surface area contributed by atoms with Crippen molar-refractivity contribution in [1.82, 2.24) is 5.32 Å². The molecule has 2 atom stereocenters. The number of hydrogen-bond donors (Lipinski definition) is 1. The molecule has 4 aromatic rings. The van der Waals surface area contributed by atoms with Crippen LogP contribution in [0.1, 0.15) is 66.0 Å². The predicted octanol–water partition coefficient (Wildman–Crippen LogP) is 10.3. The molecule has 0 saturated heterocycles. The average molecular weight is 582 g/mol. The predicted molar refractivity (Wildman–Crippen MR) is 184 cm³/mol. The molecule has 2 unspecified atom stereocenters. The molecule has 3 aliphatic carbocycles. The molecule has 45 heavy (non-hydrogen) atoms. The van der Waals surface area contributed by atoms with Crippen LogP contribution >= 0.6 is 0 Å². The van der Waals surface area contributed by atoms with Crippen LogP contribution in [-0.4, -0.2) is 0 Å². The molecule has 1 N–H and O–H groups in total. The normalized spacial score (nSPS) is 24.0. The van der Waals surface area contributed by atoms with E-state index in [1.807, 2.05) is 0 Å². The Balaban J connectivity index is 1.28. The number of allylic oxidation sites excluding steroid dienone is 10. The van der Waals surface area contributed by atoms with Gasteiger partial charge in [0.2, 0.25) is 0 Å². The second-order valence-electron chi connectivity index (χ2n) is 12.9. The van der Waals surface area contributed by atoms with Crippen LogP contribution in [0.4, 0.5) is 0 Å². The molecule has 2 nitrogen and oxygen atoms in total. The van der Waals surface area contributed by atoms with E-state index in [1.54, 1.807) is 0 Å². The van der Waals surface area contributed by atoms with Gasteiger partial charge in [-0.3, -0.25) is 0 Å². The maximum absolute atomic E-state index is 6.73. The third kappa shape index (κ3) is 3.88. The van der Waals surface area contributed by atoms with E-state index >= 15 is 0 Å². The zero-order valence-corrected chi connectivity index (χ0v) is 25.5. The van der Waals surface area contributed by atoms with E-state index < -0.39 is 11.0 Å². The SMILES string of the molecule is CC1(c2ccc3c(c2)C2(C4=C(CCC=C4)c4ccccc42)c2ccccc2O3)C=C(C2=CCCC=C2)C=C(c2ccccc2)N1. The molecule has 0 amide bonds. The van der Waals surface area contributed by atoms with E-state index in [4.69, 9.17) is 4.74 Å². The van der Waals surface area contributed by atoms with Crippen LogP contribution in [0.25, 0.3) is 11.3 Å². The molecule has 0 radical (unpaired) electrons. The summed E-state index contributed by atoms with van der Waals surface area (Å²) in [5, 5.41) is 3.98. The van der Waals surface area contributed by atoms with Crippen molar-refractivity contribution in [2.75, 3.05) is 0 Å². The lowest BCUT2D eigenvalue weighted by atomic mass is 9.64. The zero-order chi connectivity index (χ0) is 30.0. The van der Waals surface area contributed by atoms with Crippen molar-refractivity contribution in [1.29, 1.82) is 0 Å². The van der Waals surface area contributed by atoms with E-state index in [2.05, 4.69) is 152 Å². The number of dihydropyridines is 1. The second kappa shape index (κ2) is 9.97. The van der Waals surface area contributed by atoms with Gasteiger partial charge in [-0.25, -0.2) is 0 Å². The highest BCUT2D eigenvalue weighted by Gasteiger charge is 2.52. The van der Waals surface area contributed by atoms with Gasteiger partial charge in [-0.05, 0) is 108 Å². The van der Waals surface area contributed by atoms with Crippen molar-refractivity contribution in [2.24, 2.45) is 0 Å². The van der Waals surface area contributed by atoms with E-state index in [-0.39, 0.29) is 0 Å². The molecule has 0 aromatic heterocycles. The molecule has 0 bridgehead atoms. The Morgan fingerprint density at radius 3 is 2.33 bits per heavy atom. The van der Waals surface area contributed by atoms with Gasteiger partial charge in [0.25, 0.3) is 0 Å². The summed E-state index contributed by atoms with van der Waals surface area (Å²) in [6.07, 6.45) is 20.7. The fraction of sp³-hybridized carbons (Fsp3) is 0.163. The van der Waals surface area contributed by atoms with Crippen molar-refractivity contribution >= 4 is 11.3 Å². The molecule has 218 valence electrons. The summed E-state index contributed by atoms with van der Waals surface area (Å²) in [5.74, 6) is 1.87. The van der Waals surface area contributed by atoms with Crippen LogP contribution in [0, 0.1) is 0 Å². The molecule has 2 heteroatoms. The standard InChI is InChI=1S/C43H35NO/c1-42(28-31(29-14-4-2-5-15-29)26-39(44-42)30-16-6-3-7-17-30)32-24-25-41-38(27-32)43(37-22-12-13-23-40(37)45-41)35-20-10-8-18-33(35)34-19-9-11-21-36(34)43/h3-4,6-8,10-18,20-28,44H,2,5,9,19H2,1H3. The Morgan fingerprint density at radius 2 is 1.47 bits per heavy atom. The van der Waals surface area contributed by atoms with Gasteiger partial charge in [0.05, 0.1) is 11.0 Å². The molecule has 2 heterocycles. The highest BCUT2D eigenvalue weighted by Crippen LogP contribution is 2.62. The van der Waals surface area contributed by atoms with Gasteiger partial charge < -0.3 is 10.1 Å². The van der Waals surface area contributed by atoms with Crippen molar-refractivity contribution < 1.29 is 4.74 Å². The number of nitrogens with one attached hydrogen (secondary N) is 1.